The molecule has 67 heavy (non-hydrogen) atoms. The maximum Gasteiger partial charge on any atom is 0.220 e. The molecule has 12 atom stereocenters. The molecule has 0 saturated carbocycles. The van der Waals surface area contributed by atoms with Gasteiger partial charge in [0.2, 0.25) is 5.91 Å². The summed E-state index contributed by atoms with van der Waals surface area (Å²) in [6.07, 6.45) is 28.9. The summed E-state index contributed by atoms with van der Waals surface area (Å²) in [4.78, 5) is 13.2. The number of rotatable bonds is 41. The number of carbonyl (C=O) groups excluding carboxylic acids is 1. The third-order valence-electron chi connectivity index (χ3n) is 13.1. The summed E-state index contributed by atoms with van der Waals surface area (Å²) in [6, 6.07) is -0.920. The molecule has 2 aliphatic heterocycles. The van der Waals surface area contributed by atoms with E-state index < -0.39 is 86.8 Å². The molecule has 0 aromatic rings. The van der Waals surface area contributed by atoms with Crippen molar-refractivity contribution in [2.45, 2.75) is 274 Å². The zero-order valence-corrected chi connectivity index (χ0v) is 41.6. The van der Waals surface area contributed by atoms with Crippen LogP contribution in [0.5, 0.6) is 0 Å². The van der Waals surface area contributed by atoms with Crippen molar-refractivity contribution in [1.82, 2.24) is 5.32 Å². The van der Waals surface area contributed by atoms with Crippen LogP contribution in [0.1, 0.15) is 200 Å². The normalized spacial score (nSPS) is 26.8. The van der Waals surface area contributed by atoms with Crippen LogP contribution in [0, 0.1) is 0 Å². The molecule has 12 unspecified atom stereocenters. The molecule has 14 heteroatoms. The quantitative estimate of drug-likeness (QED) is 0.0214. The molecule has 0 aliphatic carbocycles. The van der Waals surface area contributed by atoms with Crippen molar-refractivity contribution in [1.29, 1.82) is 0 Å². The van der Waals surface area contributed by atoms with Gasteiger partial charge in [-0.05, 0) is 51.4 Å². The lowest BCUT2D eigenvalue weighted by Gasteiger charge is -2.46. The Kier molecular flexibility index (Phi) is 36.5. The van der Waals surface area contributed by atoms with E-state index >= 15 is 0 Å². The van der Waals surface area contributed by atoms with Gasteiger partial charge < -0.3 is 65.1 Å². The minimum absolute atomic E-state index is 0.254. The zero-order chi connectivity index (χ0) is 48.9. The second-order valence-corrected chi connectivity index (χ2v) is 19.0. The fourth-order valence-corrected chi connectivity index (χ4v) is 8.67. The average Bonchev–Trinajstić information content (AvgIpc) is 3.32. The smallest absolute Gasteiger partial charge is 0.220 e. The minimum atomic E-state index is -1.79. The summed E-state index contributed by atoms with van der Waals surface area (Å²) >= 11 is 0. The molecule has 0 aromatic heterocycles. The van der Waals surface area contributed by atoms with Crippen LogP contribution in [0.25, 0.3) is 0 Å². The molecule has 2 rings (SSSR count). The number of hydrogen-bond acceptors (Lipinski definition) is 13. The number of aliphatic hydroxyl groups excluding tert-OH is 8. The Hall–Kier alpha value is -1.79. The molecule has 9 N–H and O–H groups in total. The maximum absolute atomic E-state index is 13.2. The highest BCUT2D eigenvalue weighted by Crippen LogP contribution is 2.30. The first-order chi connectivity index (χ1) is 32.6. The lowest BCUT2D eigenvalue weighted by molar-refractivity contribution is -0.359. The first kappa shape index (κ1) is 61.3. The molecule has 2 fully saturated rings. The van der Waals surface area contributed by atoms with Crippen LogP contribution in [0.15, 0.2) is 36.5 Å². The van der Waals surface area contributed by atoms with Crippen molar-refractivity contribution in [2.75, 3.05) is 19.8 Å². The van der Waals surface area contributed by atoms with Gasteiger partial charge in [0, 0.05) is 6.42 Å². The predicted octanol–water partition coefficient (Wildman–Crippen LogP) is 7.49. The Bertz CT molecular complexity index is 1270. The van der Waals surface area contributed by atoms with Crippen LogP contribution in [-0.2, 0) is 23.7 Å². The third-order valence-corrected chi connectivity index (χ3v) is 13.1. The van der Waals surface area contributed by atoms with E-state index in [1.807, 2.05) is 6.08 Å². The third kappa shape index (κ3) is 26.8. The van der Waals surface area contributed by atoms with Crippen molar-refractivity contribution < 1.29 is 64.6 Å². The molecule has 14 nitrogen and oxygen atoms in total. The molecular formula is C53H97NO13. The van der Waals surface area contributed by atoms with Crippen LogP contribution >= 0.6 is 0 Å². The Morgan fingerprint density at radius 1 is 0.537 bits per heavy atom. The minimum Gasteiger partial charge on any atom is -0.394 e. The highest BCUT2D eigenvalue weighted by molar-refractivity contribution is 5.76. The van der Waals surface area contributed by atoms with Crippen molar-refractivity contribution in [3.05, 3.63) is 36.5 Å². The molecule has 1 amide bonds. The standard InChI is InChI=1S/C53H97NO13/c1-3-5-7-9-11-13-15-17-19-20-21-23-24-26-28-30-32-34-36-42(57)41(54-45(58)37-35-33-31-29-27-25-22-18-16-14-12-10-8-6-4-2)40-64-52-50(63)48(61)51(44(39-56)66-52)67-53-49(62)47(60)46(59)43(38-55)65-53/h12,14,18,22,34,36,41-44,46-53,55-57,59-63H,3-11,13,15-17,19-21,23-33,35,37-40H2,1-2H3,(H,54,58)/b14-12-,22-18-,36-34+. The predicted molar refractivity (Wildman–Crippen MR) is 263 cm³/mol. The number of unbranched alkanes of at least 4 members (excludes halogenated alkanes) is 24. The Morgan fingerprint density at radius 3 is 1.52 bits per heavy atom. The molecule has 0 bridgehead atoms. The fraction of sp³-hybridized carbons (Fsp3) is 0.868. The summed E-state index contributed by atoms with van der Waals surface area (Å²) in [6.45, 7) is 2.75. The van der Waals surface area contributed by atoms with E-state index in [-0.39, 0.29) is 18.9 Å². The van der Waals surface area contributed by atoms with E-state index in [0.717, 1.165) is 64.2 Å². The van der Waals surface area contributed by atoms with Crippen LogP contribution in [0.4, 0.5) is 0 Å². The first-order valence-corrected chi connectivity index (χ1v) is 26.7. The second kappa shape index (κ2) is 39.9. The lowest BCUT2D eigenvalue weighted by atomic mass is 9.97. The van der Waals surface area contributed by atoms with E-state index in [0.29, 0.717) is 6.42 Å². The van der Waals surface area contributed by atoms with Crippen LogP contribution in [0.2, 0.25) is 0 Å². The maximum atomic E-state index is 13.2. The van der Waals surface area contributed by atoms with Crippen LogP contribution in [0.3, 0.4) is 0 Å². The molecule has 392 valence electrons. The van der Waals surface area contributed by atoms with E-state index in [1.54, 1.807) is 6.08 Å². The molecule has 2 saturated heterocycles. The van der Waals surface area contributed by atoms with E-state index in [9.17, 15) is 45.6 Å². The average molecular weight is 956 g/mol. The lowest BCUT2D eigenvalue weighted by Crippen LogP contribution is -2.65. The number of hydrogen-bond donors (Lipinski definition) is 9. The molecule has 2 aliphatic rings. The largest absolute Gasteiger partial charge is 0.394 e. The van der Waals surface area contributed by atoms with Gasteiger partial charge in [-0.15, -0.1) is 0 Å². The second-order valence-electron chi connectivity index (χ2n) is 19.0. The molecule has 0 aromatic carbocycles. The highest BCUT2D eigenvalue weighted by atomic mass is 16.7. The topological polar surface area (TPSA) is 228 Å². The molecule has 2 heterocycles. The van der Waals surface area contributed by atoms with Gasteiger partial charge in [0.15, 0.2) is 12.6 Å². The number of carbonyl (C=O) groups is 1. The number of nitrogens with one attached hydrogen (secondary N) is 1. The van der Waals surface area contributed by atoms with Crippen molar-refractivity contribution in [3.63, 3.8) is 0 Å². The molecular weight excluding hydrogens is 859 g/mol. The van der Waals surface area contributed by atoms with E-state index in [4.69, 9.17) is 18.9 Å². The van der Waals surface area contributed by atoms with Gasteiger partial charge in [-0.25, -0.2) is 0 Å². The van der Waals surface area contributed by atoms with Crippen LogP contribution < -0.4 is 5.32 Å². The van der Waals surface area contributed by atoms with E-state index in [1.165, 1.54) is 109 Å². The van der Waals surface area contributed by atoms with Gasteiger partial charge in [0.25, 0.3) is 0 Å². The summed E-state index contributed by atoms with van der Waals surface area (Å²) < 4.78 is 22.7. The number of aliphatic hydroxyl groups is 8. The summed E-state index contributed by atoms with van der Waals surface area (Å²) in [7, 11) is 0. The van der Waals surface area contributed by atoms with Gasteiger partial charge in [0.1, 0.15) is 48.8 Å². The van der Waals surface area contributed by atoms with Crippen molar-refractivity contribution in [3.8, 4) is 0 Å². The Labute approximate surface area is 404 Å². The SMILES string of the molecule is CCCCC/C=C\C/C=C\CCCCCCCC(=O)NC(COC1OC(CO)C(OC2OC(CO)C(O)C(O)C2O)C(O)C1O)C(O)/C=C/CCCCCCCCCCCCCCCCCC. The van der Waals surface area contributed by atoms with Gasteiger partial charge in [-0.2, -0.15) is 0 Å². The van der Waals surface area contributed by atoms with Gasteiger partial charge in [-0.1, -0.05) is 179 Å². The number of amides is 1. The highest BCUT2D eigenvalue weighted by Gasteiger charge is 2.51. The number of ether oxygens (including phenoxy) is 4. The first-order valence-electron chi connectivity index (χ1n) is 26.7. The molecule has 0 spiro atoms. The summed E-state index contributed by atoms with van der Waals surface area (Å²) in [5.74, 6) is -0.254. The van der Waals surface area contributed by atoms with Crippen molar-refractivity contribution >= 4 is 5.91 Å². The Balaban J connectivity index is 1.84. The zero-order valence-electron chi connectivity index (χ0n) is 41.6. The van der Waals surface area contributed by atoms with Gasteiger partial charge in [0.05, 0.1) is 32.0 Å². The summed E-state index contributed by atoms with van der Waals surface area (Å²) in [5, 5.41) is 86.8. The van der Waals surface area contributed by atoms with Crippen molar-refractivity contribution in [2.24, 2.45) is 0 Å². The van der Waals surface area contributed by atoms with Crippen LogP contribution in [-0.4, -0.2) is 140 Å². The van der Waals surface area contributed by atoms with Gasteiger partial charge in [-0.3, -0.25) is 4.79 Å². The summed E-state index contributed by atoms with van der Waals surface area (Å²) in [5.41, 5.74) is 0. The fourth-order valence-electron chi connectivity index (χ4n) is 8.67. The Morgan fingerprint density at radius 2 is 0.985 bits per heavy atom. The number of allylic oxidation sites excluding steroid dienone is 5. The van der Waals surface area contributed by atoms with Gasteiger partial charge >= 0.3 is 0 Å². The van der Waals surface area contributed by atoms with E-state index in [2.05, 4.69) is 43.5 Å². The molecule has 0 radical (unpaired) electrons. The monoisotopic (exact) mass is 956 g/mol.